The molecule has 234 valence electrons. The van der Waals surface area contributed by atoms with Crippen LogP contribution in [0.25, 0.3) is 0 Å². The fourth-order valence-electron chi connectivity index (χ4n) is 5.28. The maximum Gasteiger partial charge on any atom is 0.408 e. The molecule has 1 aliphatic heterocycles. The molecule has 13 heteroatoms. The second kappa shape index (κ2) is 15.0. The standard InChI is InChI=1S/C29H45N5O8/c1-6-18(2)24(27(39)40)33-34(14-10-13-22(34)26(37)38)17-20(15-19-11-8-7-9-12-19)31-25(36)21(16-23(30)35)32-28(41)42-29(3,4)5/h7-9,11-12,18,20-22,24,33H,6,10,13-17H2,1-5H3,(H5-,30,31,32,35,36,37,38,39,40,41)/p+1/t18-,20-,21-,22-,24-,34?/m0/s1. The number of benzene rings is 1. The molecular weight excluding hydrogens is 546 g/mol. The van der Waals surface area contributed by atoms with E-state index in [1.54, 1.807) is 27.7 Å². The van der Waals surface area contributed by atoms with E-state index in [0.717, 1.165) is 5.56 Å². The Morgan fingerprint density at radius 2 is 1.74 bits per heavy atom. The lowest BCUT2D eigenvalue weighted by molar-refractivity contribution is -0.976. The van der Waals surface area contributed by atoms with Crippen LogP contribution >= 0.6 is 0 Å². The van der Waals surface area contributed by atoms with Crippen molar-refractivity contribution in [2.24, 2.45) is 11.7 Å². The minimum Gasteiger partial charge on any atom is -0.480 e. The van der Waals surface area contributed by atoms with E-state index >= 15 is 0 Å². The van der Waals surface area contributed by atoms with E-state index in [2.05, 4.69) is 16.1 Å². The average molecular weight is 593 g/mol. The predicted octanol–water partition coefficient (Wildman–Crippen LogP) is 1.55. The van der Waals surface area contributed by atoms with Gasteiger partial charge in [0.2, 0.25) is 17.9 Å². The number of nitrogens with zero attached hydrogens (tertiary/aromatic N) is 1. The minimum atomic E-state index is -1.35. The van der Waals surface area contributed by atoms with E-state index in [4.69, 9.17) is 10.5 Å². The second-order valence-corrected chi connectivity index (χ2v) is 12.0. The van der Waals surface area contributed by atoms with Gasteiger partial charge in [0.25, 0.3) is 0 Å². The van der Waals surface area contributed by atoms with Crippen LogP contribution in [-0.2, 0) is 30.3 Å². The molecule has 42 heavy (non-hydrogen) atoms. The summed E-state index contributed by atoms with van der Waals surface area (Å²) in [6.07, 6.45) is 0.291. The van der Waals surface area contributed by atoms with Crippen molar-refractivity contribution in [3.63, 3.8) is 0 Å². The highest BCUT2D eigenvalue weighted by Crippen LogP contribution is 2.28. The molecule has 0 saturated carbocycles. The molecule has 1 saturated heterocycles. The van der Waals surface area contributed by atoms with Crippen molar-refractivity contribution in [1.29, 1.82) is 0 Å². The number of carbonyl (C=O) groups is 5. The first kappa shape index (κ1) is 34.5. The average Bonchev–Trinajstić information content (AvgIpc) is 3.29. The number of aliphatic carboxylic acids is 2. The number of quaternary nitrogens is 1. The number of hydrogen-bond acceptors (Lipinski definition) is 7. The Hall–Kier alpha value is -3.71. The number of hydrogen-bond donors (Lipinski definition) is 6. The van der Waals surface area contributed by atoms with Crippen LogP contribution in [0.5, 0.6) is 0 Å². The van der Waals surface area contributed by atoms with Crippen molar-refractivity contribution in [3.05, 3.63) is 35.9 Å². The Morgan fingerprint density at radius 1 is 1.10 bits per heavy atom. The lowest BCUT2D eigenvalue weighted by Crippen LogP contribution is -2.71. The number of primary amides is 1. The van der Waals surface area contributed by atoms with Crippen molar-refractivity contribution in [1.82, 2.24) is 16.1 Å². The summed E-state index contributed by atoms with van der Waals surface area (Å²) in [6.45, 7) is 8.97. The van der Waals surface area contributed by atoms with Gasteiger partial charge in [-0.05, 0) is 38.7 Å². The van der Waals surface area contributed by atoms with Gasteiger partial charge in [0.15, 0.2) is 6.04 Å². The van der Waals surface area contributed by atoms with Crippen LogP contribution in [0.3, 0.4) is 0 Å². The molecule has 2 rings (SSSR count). The van der Waals surface area contributed by atoms with Crippen molar-refractivity contribution in [2.45, 2.75) is 96.5 Å². The quantitative estimate of drug-likeness (QED) is 0.164. The summed E-state index contributed by atoms with van der Waals surface area (Å²) in [5.74, 6) is -3.99. The third kappa shape index (κ3) is 10.3. The zero-order valence-electron chi connectivity index (χ0n) is 25.1. The molecular formula is C29H46N5O8+. The SMILES string of the molecule is CC[C@H](C)[C@H](N[N+]1(C[C@H](Cc2ccccc2)NC(=O)[C@H](CC(N)=O)NC(=O)OC(C)(C)C)CCC[C@H]1C(=O)O)C(=O)O. The summed E-state index contributed by atoms with van der Waals surface area (Å²) >= 11 is 0. The first-order valence-corrected chi connectivity index (χ1v) is 14.3. The van der Waals surface area contributed by atoms with Crippen LogP contribution in [0, 0.1) is 5.92 Å². The van der Waals surface area contributed by atoms with E-state index < -0.39 is 66.0 Å². The normalized spacial score (nSPS) is 21.4. The number of carbonyl (C=O) groups excluding carboxylic acids is 3. The van der Waals surface area contributed by atoms with Crippen LogP contribution in [0.2, 0.25) is 0 Å². The molecule has 1 aromatic rings. The monoisotopic (exact) mass is 592 g/mol. The Kier molecular flexibility index (Phi) is 12.3. The molecule has 6 atom stereocenters. The lowest BCUT2D eigenvalue weighted by atomic mass is 9.99. The first-order valence-electron chi connectivity index (χ1n) is 14.3. The second-order valence-electron chi connectivity index (χ2n) is 12.0. The fraction of sp³-hybridized carbons (Fsp3) is 0.621. The predicted molar refractivity (Wildman–Crippen MR) is 154 cm³/mol. The van der Waals surface area contributed by atoms with Crippen LogP contribution in [0.4, 0.5) is 4.79 Å². The van der Waals surface area contributed by atoms with Crippen molar-refractivity contribution in [3.8, 4) is 0 Å². The number of carboxylic acid groups (broad SMARTS) is 2. The highest BCUT2D eigenvalue weighted by molar-refractivity contribution is 5.90. The van der Waals surface area contributed by atoms with Crippen LogP contribution < -0.4 is 21.8 Å². The zero-order valence-corrected chi connectivity index (χ0v) is 25.1. The van der Waals surface area contributed by atoms with Gasteiger partial charge in [-0.25, -0.2) is 14.2 Å². The van der Waals surface area contributed by atoms with Gasteiger partial charge in [0, 0.05) is 12.8 Å². The molecule has 1 aromatic carbocycles. The van der Waals surface area contributed by atoms with Crippen LogP contribution in [0.15, 0.2) is 30.3 Å². The number of rotatable bonds is 15. The van der Waals surface area contributed by atoms with Gasteiger partial charge in [-0.15, -0.1) is 0 Å². The van der Waals surface area contributed by atoms with Gasteiger partial charge in [-0.1, -0.05) is 50.6 Å². The van der Waals surface area contributed by atoms with Gasteiger partial charge >= 0.3 is 18.0 Å². The first-order chi connectivity index (χ1) is 19.6. The molecule has 1 fully saturated rings. The Balaban J connectivity index is 2.46. The van der Waals surface area contributed by atoms with Gasteiger partial charge < -0.3 is 31.3 Å². The number of nitrogens with one attached hydrogen (secondary N) is 3. The van der Waals surface area contributed by atoms with Crippen LogP contribution in [0.1, 0.15) is 65.9 Å². The number of amides is 3. The molecule has 0 aliphatic carbocycles. The van der Waals surface area contributed by atoms with Crippen molar-refractivity contribution < 1.29 is 43.5 Å². The van der Waals surface area contributed by atoms with Crippen molar-refractivity contribution >= 4 is 29.8 Å². The number of nitrogens with two attached hydrogens (primary N) is 1. The summed E-state index contributed by atoms with van der Waals surface area (Å²) in [6, 6.07) is 5.17. The molecule has 13 nitrogen and oxygen atoms in total. The minimum absolute atomic E-state index is 0.0353. The van der Waals surface area contributed by atoms with Crippen molar-refractivity contribution in [2.75, 3.05) is 13.1 Å². The molecule has 1 unspecified atom stereocenters. The summed E-state index contributed by atoms with van der Waals surface area (Å²) in [5.41, 5.74) is 8.52. The highest BCUT2D eigenvalue weighted by Gasteiger charge is 2.51. The smallest absolute Gasteiger partial charge is 0.408 e. The molecule has 0 spiro atoms. The van der Waals surface area contributed by atoms with E-state index in [1.807, 2.05) is 37.3 Å². The van der Waals surface area contributed by atoms with Crippen LogP contribution in [-0.4, -0.2) is 87.5 Å². The molecule has 3 amide bonds. The van der Waals surface area contributed by atoms with E-state index in [0.29, 0.717) is 25.8 Å². The third-order valence-electron chi connectivity index (χ3n) is 7.42. The number of carboxylic acids is 2. The maximum atomic E-state index is 13.5. The molecule has 7 N–H and O–H groups in total. The summed E-state index contributed by atoms with van der Waals surface area (Å²) in [7, 11) is 0. The van der Waals surface area contributed by atoms with E-state index in [9.17, 15) is 34.2 Å². The van der Waals surface area contributed by atoms with Gasteiger partial charge in [-0.2, -0.15) is 5.43 Å². The molecule has 1 aliphatic rings. The molecule has 0 radical (unpaired) electrons. The Labute approximate surface area is 246 Å². The largest absolute Gasteiger partial charge is 0.480 e. The summed E-state index contributed by atoms with van der Waals surface area (Å²) in [4.78, 5) is 62.5. The molecule has 0 bridgehead atoms. The summed E-state index contributed by atoms with van der Waals surface area (Å²) < 4.78 is 4.99. The Morgan fingerprint density at radius 3 is 2.26 bits per heavy atom. The fourth-order valence-corrected chi connectivity index (χ4v) is 5.28. The summed E-state index contributed by atoms with van der Waals surface area (Å²) in [5, 5.41) is 25.5. The van der Waals surface area contributed by atoms with E-state index in [-0.39, 0.29) is 23.5 Å². The zero-order chi connectivity index (χ0) is 31.7. The highest BCUT2D eigenvalue weighted by atomic mass is 16.6. The maximum absolute atomic E-state index is 13.5. The van der Waals surface area contributed by atoms with Gasteiger partial charge in [0.1, 0.15) is 18.2 Å². The molecule has 0 aromatic heterocycles. The van der Waals surface area contributed by atoms with E-state index in [1.165, 1.54) is 0 Å². The number of likely N-dealkylation sites (tertiary alicyclic amines) is 1. The number of alkyl carbamates (subject to hydrolysis) is 1. The van der Waals surface area contributed by atoms with Gasteiger partial charge in [-0.3, -0.25) is 14.4 Å². The topological polar surface area (TPSA) is 197 Å². The third-order valence-corrected chi connectivity index (χ3v) is 7.42. The lowest BCUT2D eigenvalue weighted by Gasteiger charge is -2.42. The number of ether oxygens (including phenoxy) is 1. The van der Waals surface area contributed by atoms with Gasteiger partial charge in [0.05, 0.1) is 19.0 Å². The Bertz CT molecular complexity index is 1110. The molecule has 1 heterocycles.